The molecule has 0 saturated carbocycles. The van der Waals surface area contributed by atoms with Crippen molar-refractivity contribution in [3.05, 3.63) is 59.7 Å². The highest BCUT2D eigenvalue weighted by molar-refractivity contribution is 5.39. The van der Waals surface area contributed by atoms with Gasteiger partial charge in [-0.2, -0.15) is 0 Å². The Balaban J connectivity index is 2.38. The minimum atomic E-state index is 0.119. The maximum atomic E-state index is 9.13. The number of hydrogen-bond acceptors (Lipinski definition) is 1. The Morgan fingerprint density at radius 2 is 1.77 bits per heavy atom. The molecule has 1 heteroatoms. The van der Waals surface area contributed by atoms with Crippen molar-refractivity contribution in [3.63, 3.8) is 0 Å². The van der Waals surface area contributed by atoms with Crippen LogP contribution < -0.4 is 0 Å². The minimum Gasteiger partial charge on any atom is -0.392 e. The fourth-order valence-electron chi connectivity index (χ4n) is 1.64. The fourth-order valence-corrected chi connectivity index (χ4v) is 1.64. The number of aliphatic hydroxyl groups is 1. The van der Waals surface area contributed by atoms with E-state index in [9.17, 15) is 0 Å². The van der Waals surface area contributed by atoms with E-state index in [1.165, 1.54) is 5.56 Å². The second-order valence-electron chi connectivity index (χ2n) is 3.15. The summed E-state index contributed by atoms with van der Waals surface area (Å²) in [5, 5.41) is 9.13. The second kappa shape index (κ2) is 3.58. The third kappa shape index (κ3) is 1.56. The topological polar surface area (TPSA) is 20.2 Å². The molecule has 0 unspecified atom stereocenters. The maximum Gasteiger partial charge on any atom is 0.0684 e. The van der Waals surface area contributed by atoms with Crippen LogP contribution in [-0.4, -0.2) is 5.11 Å². The highest BCUT2D eigenvalue weighted by Crippen LogP contribution is 2.25. The van der Waals surface area contributed by atoms with Gasteiger partial charge < -0.3 is 5.11 Å². The van der Waals surface area contributed by atoms with Crippen LogP contribution in [0.3, 0.4) is 0 Å². The lowest BCUT2D eigenvalue weighted by Crippen LogP contribution is -1.96. The third-order valence-electron chi connectivity index (χ3n) is 2.33. The molecule has 2 rings (SSSR count). The summed E-state index contributed by atoms with van der Waals surface area (Å²) < 4.78 is 0. The first kappa shape index (κ1) is 8.27. The van der Waals surface area contributed by atoms with Crippen LogP contribution in [0, 0.1) is 0 Å². The van der Waals surface area contributed by atoms with Crippen LogP contribution in [0.25, 0.3) is 0 Å². The molecule has 1 nitrogen and oxygen atoms in total. The van der Waals surface area contributed by atoms with Gasteiger partial charge in [0.1, 0.15) is 0 Å². The van der Waals surface area contributed by atoms with E-state index >= 15 is 0 Å². The molecule has 1 aromatic rings. The summed E-state index contributed by atoms with van der Waals surface area (Å²) in [5.74, 6) is 0.350. The molecule has 1 aliphatic rings. The van der Waals surface area contributed by atoms with Crippen molar-refractivity contribution in [1.29, 1.82) is 0 Å². The highest BCUT2D eigenvalue weighted by Gasteiger charge is 2.09. The quantitative estimate of drug-likeness (QED) is 0.726. The third-order valence-corrected chi connectivity index (χ3v) is 2.33. The van der Waals surface area contributed by atoms with Crippen molar-refractivity contribution in [2.75, 3.05) is 0 Å². The standard InChI is InChI=1S/C12H12O/c13-9-11-7-3-4-8-12(11)10-5-1-2-6-10/h1-8,10,13H,9H2. The van der Waals surface area contributed by atoms with Crippen LogP contribution >= 0.6 is 0 Å². The van der Waals surface area contributed by atoms with E-state index in [1.54, 1.807) is 0 Å². The zero-order valence-corrected chi connectivity index (χ0v) is 7.35. The van der Waals surface area contributed by atoms with Crippen molar-refractivity contribution >= 4 is 0 Å². The summed E-state index contributed by atoms with van der Waals surface area (Å²) in [6.45, 7) is 0.119. The Bertz CT molecular complexity index is 338. The first-order valence-electron chi connectivity index (χ1n) is 4.45. The summed E-state index contributed by atoms with van der Waals surface area (Å²) in [5.41, 5.74) is 2.22. The molecule has 0 spiro atoms. The Morgan fingerprint density at radius 1 is 1.08 bits per heavy atom. The average molecular weight is 172 g/mol. The van der Waals surface area contributed by atoms with Crippen LogP contribution in [0.15, 0.2) is 48.6 Å². The molecule has 1 aliphatic carbocycles. The van der Waals surface area contributed by atoms with E-state index < -0.39 is 0 Å². The van der Waals surface area contributed by atoms with Gasteiger partial charge in [0, 0.05) is 5.92 Å². The Labute approximate surface area is 78.0 Å². The summed E-state index contributed by atoms with van der Waals surface area (Å²) in [4.78, 5) is 0. The molecule has 0 amide bonds. The van der Waals surface area contributed by atoms with Crippen LogP contribution in [0.1, 0.15) is 17.0 Å². The van der Waals surface area contributed by atoms with E-state index in [0.717, 1.165) is 5.56 Å². The number of allylic oxidation sites excluding steroid dienone is 4. The summed E-state index contributed by atoms with van der Waals surface area (Å²) in [6.07, 6.45) is 8.35. The van der Waals surface area contributed by atoms with Crippen LogP contribution in [0.2, 0.25) is 0 Å². The fraction of sp³-hybridized carbons (Fsp3) is 0.167. The average Bonchev–Trinajstić information content (AvgIpc) is 2.70. The first-order valence-corrected chi connectivity index (χ1v) is 4.45. The molecule has 0 atom stereocenters. The summed E-state index contributed by atoms with van der Waals surface area (Å²) >= 11 is 0. The highest BCUT2D eigenvalue weighted by atomic mass is 16.3. The Morgan fingerprint density at radius 3 is 2.46 bits per heavy atom. The Hall–Kier alpha value is -1.34. The number of benzene rings is 1. The van der Waals surface area contributed by atoms with Crippen molar-refractivity contribution in [1.82, 2.24) is 0 Å². The minimum absolute atomic E-state index is 0.119. The van der Waals surface area contributed by atoms with Gasteiger partial charge in [0.2, 0.25) is 0 Å². The molecule has 1 aromatic carbocycles. The van der Waals surface area contributed by atoms with Crippen LogP contribution in [-0.2, 0) is 6.61 Å². The van der Waals surface area contributed by atoms with Gasteiger partial charge >= 0.3 is 0 Å². The summed E-state index contributed by atoms with van der Waals surface area (Å²) in [7, 11) is 0. The molecule has 1 N–H and O–H groups in total. The maximum absolute atomic E-state index is 9.13. The van der Waals surface area contributed by atoms with E-state index in [2.05, 4.69) is 18.2 Å². The number of aliphatic hydroxyl groups excluding tert-OH is 1. The molecule has 13 heavy (non-hydrogen) atoms. The Kier molecular flexibility index (Phi) is 2.28. The molecule has 0 radical (unpaired) electrons. The van der Waals surface area contributed by atoms with Gasteiger partial charge in [-0.1, -0.05) is 48.6 Å². The monoisotopic (exact) mass is 172 g/mol. The van der Waals surface area contributed by atoms with Gasteiger partial charge in [0.05, 0.1) is 6.61 Å². The van der Waals surface area contributed by atoms with E-state index in [0.29, 0.717) is 5.92 Å². The van der Waals surface area contributed by atoms with Gasteiger partial charge in [-0.05, 0) is 11.1 Å². The van der Waals surface area contributed by atoms with Gasteiger partial charge in [0.15, 0.2) is 0 Å². The van der Waals surface area contributed by atoms with Crippen molar-refractivity contribution in [2.45, 2.75) is 12.5 Å². The zero-order valence-electron chi connectivity index (χ0n) is 7.35. The molecule has 0 aliphatic heterocycles. The molecule has 0 heterocycles. The molecule has 0 saturated heterocycles. The van der Waals surface area contributed by atoms with E-state index in [1.807, 2.05) is 30.4 Å². The van der Waals surface area contributed by atoms with E-state index in [-0.39, 0.29) is 6.61 Å². The van der Waals surface area contributed by atoms with Crippen molar-refractivity contribution in [3.8, 4) is 0 Å². The van der Waals surface area contributed by atoms with Gasteiger partial charge in [0.25, 0.3) is 0 Å². The van der Waals surface area contributed by atoms with Crippen molar-refractivity contribution < 1.29 is 5.11 Å². The molecule has 0 bridgehead atoms. The number of rotatable bonds is 2. The predicted molar refractivity (Wildman–Crippen MR) is 53.4 cm³/mol. The van der Waals surface area contributed by atoms with Gasteiger partial charge in [-0.15, -0.1) is 0 Å². The normalized spacial score (nSPS) is 15.5. The van der Waals surface area contributed by atoms with Crippen LogP contribution in [0.4, 0.5) is 0 Å². The molecular formula is C12H12O. The van der Waals surface area contributed by atoms with Gasteiger partial charge in [-0.25, -0.2) is 0 Å². The number of hydrogen-bond donors (Lipinski definition) is 1. The molecule has 0 aromatic heterocycles. The second-order valence-corrected chi connectivity index (χ2v) is 3.15. The lowest BCUT2D eigenvalue weighted by Gasteiger charge is -2.10. The van der Waals surface area contributed by atoms with Crippen LogP contribution in [0.5, 0.6) is 0 Å². The van der Waals surface area contributed by atoms with Gasteiger partial charge in [-0.3, -0.25) is 0 Å². The van der Waals surface area contributed by atoms with Crippen molar-refractivity contribution in [2.24, 2.45) is 0 Å². The smallest absolute Gasteiger partial charge is 0.0684 e. The lowest BCUT2D eigenvalue weighted by atomic mass is 9.96. The van der Waals surface area contributed by atoms with E-state index in [4.69, 9.17) is 5.11 Å². The first-order chi connectivity index (χ1) is 6.42. The lowest BCUT2D eigenvalue weighted by molar-refractivity contribution is 0.280. The molecular weight excluding hydrogens is 160 g/mol. The zero-order chi connectivity index (χ0) is 9.10. The molecule has 66 valence electrons. The summed E-state index contributed by atoms with van der Waals surface area (Å²) in [6, 6.07) is 8.00. The molecule has 0 fully saturated rings. The predicted octanol–water partition coefficient (Wildman–Crippen LogP) is 2.39. The largest absolute Gasteiger partial charge is 0.392 e. The SMILES string of the molecule is OCc1ccccc1C1C=CC=C1.